The lowest BCUT2D eigenvalue weighted by Gasteiger charge is -2.31. The standard InChI is InChI=1S/C35H41NO6S/c1-3-41-34(37)32-20-30(32)26-9-11-28(12-10-26)36-21-24-7-8-25-5-4-6-27-19-29(17-23(2)33(27)31(25)18-24)42-22-35(38)13-15-43(39,40)16-14-35/h7-12,17-19,30,32,36,38H,3-6,13-16,20-22H2,1-2H3/t30-,32+/m1/s1. The fourth-order valence-corrected chi connectivity index (χ4v) is 8.14. The fraction of sp³-hybridized carbons (Fsp3) is 0.457. The van der Waals surface area contributed by atoms with Gasteiger partial charge in [-0.1, -0.05) is 24.3 Å². The maximum absolute atomic E-state index is 12.0. The molecule has 3 aromatic rings. The Labute approximate surface area is 254 Å². The van der Waals surface area contributed by atoms with Gasteiger partial charge in [0.25, 0.3) is 0 Å². The average Bonchev–Trinajstić information content (AvgIpc) is 3.81. The van der Waals surface area contributed by atoms with Crippen molar-refractivity contribution in [1.82, 2.24) is 0 Å². The van der Waals surface area contributed by atoms with Crippen molar-refractivity contribution in [3.63, 3.8) is 0 Å². The lowest BCUT2D eigenvalue weighted by Crippen LogP contribution is -2.43. The summed E-state index contributed by atoms with van der Waals surface area (Å²) in [6.45, 7) is 5.18. The molecular weight excluding hydrogens is 562 g/mol. The van der Waals surface area contributed by atoms with Gasteiger partial charge in [0, 0.05) is 12.2 Å². The summed E-state index contributed by atoms with van der Waals surface area (Å²) in [5, 5.41) is 14.4. The molecule has 0 aromatic heterocycles. The predicted octanol–water partition coefficient (Wildman–Crippen LogP) is 5.75. The molecule has 2 fully saturated rings. The van der Waals surface area contributed by atoms with E-state index in [0.717, 1.165) is 42.7 Å². The number of esters is 1. The third-order valence-corrected chi connectivity index (χ3v) is 10.9. The van der Waals surface area contributed by atoms with E-state index in [2.05, 4.69) is 60.8 Å². The minimum absolute atomic E-state index is 0.00309. The molecule has 228 valence electrons. The number of carbonyl (C=O) groups is 1. The monoisotopic (exact) mass is 603 g/mol. The van der Waals surface area contributed by atoms with Crippen LogP contribution in [-0.2, 0) is 38.8 Å². The van der Waals surface area contributed by atoms with E-state index < -0.39 is 15.4 Å². The average molecular weight is 604 g/mol. The largest absolute Gasteiger partial charge is 0.491 e. The SMILES string of the molecule is CCOC(=O)[C@H]1C[C@@H]1c1ccc(NCc2ccc3c(c2)-c2c(C)cc(OCC4(O)CCS(=O)(=O)CC4)cc2CCC3)cc1. The summed E-state index contributed by atoms with van der Waals surface area (Å²) in [6.07, 6.45) is 4.30. The van der Waals surface area contributed by atoms with Crippen molar-refractivity contribution in [1.29, 1.82) is 0 Å². The number of hydrogen-bond acceptors (Lipinski definition) is 7. The molecule has 0 radical (unpaired) electrons. The minimum Gasteiger partial charge on any atom is -0.491 e. The number of rotatable bonds is 9. The van der Waals surface area contributed by atoms with Crippen molar-refractivity contribution in [3.05, 3.63) is 82.4 Å². The second-order valence-electron chi connectivity index (χ2n) is 12.5. The molecule has 3 aliphatic rings. The first kappa shape index (κ1) is 29.7. The molecule has 8 heteroatoms. The molecular formula is C35H41NO6S. The topological polar surface area (TPSA) is 102 Å². The number of anilines is 1. The van der Waals surface area contributed by atoms with Crippen molar-refractivity contribution in [3.8, 4) is 16.9 Å². The van der Waals surface area contributed by atoms with E-state index in [4.69, 9.17) is 9.47 Å². The van der Waals surface area contributed by atoms with Gasteiger partial charge in [-0.25, -0.2) is 8.42 Å². The minimum atomic E-state index is -3.05. The predicted molar refractivity (Wildman–Crippen MR) is 168 cm³/mol. The zero-order chi connectivity index (χ0) is 30.2. The molecule has 2 aliphatic carbocycles. The molecule has 43 heavy (non-hydrogen) atoms. The highest BCUT2D eigenvalue weighted by atomic mass is 32.2. The maximum atomic E-state index is 12.0. The zero-order valence-corrected chi connectivity index (χ0v) is 25.8. The molecule has 0 unspecified atom stereocenters. The second-order valence-corrected chi connectivity index (χ2v) is 14.8. The summed E-state index contributed by atoms with van der Waals surface area (Å²) in [6, 6.07) is 19.3. The highest BCUT2D eigenvalue weighted by molar-refractivity contribution is 7.91. The summed E-state index contributed by atoms with van der Waals surface area (Å²) in [5.41, 5.74) is 8.58. The van der Waals surface area contributed by atoms with Gasteiger partial charge in [-0.15, -0.1) is 0 Å². The van der Waals surface area contributed by atoms with Gasteiger partial charge in [-0.3, -0.25) is 4.79 Å². The van der Waals surface area contributed by atoms with Crippen molar-refractivity contribution in [2.75, 3.05) is 30.0 Å². The van der Waals surface area contributed by atoms with Crippen molar-refractivity contribution in [2.24, 2.45) is 5.92 Å². The number of aliphatic hydroxyl groups is 1. The van der Waals surface area contributed by atoms with Crippen LogP contribution in [0.25, 0.3) is 11.1 Å². The molecule has 2 atom stereocenters. The Morgan fingerprint density at radius 1 is 1.02 bits per heavy atom. The van der Waals surface area contributed by atoms with E-state index >= 15 is 0 Å². The summed E-state index contributed by atoms with van der Waals surface area (Å²) in [5.74, 6) is 0.916. The number of benzene rings is 3. The van der Waals surface area contributed by atoms with Crippen LogP contribution >= 0.6 is 0 Å². The molecule has 1 heterocycles. The van der Waals surface area contributed by atoms with E-state index in [1.165, 1.54) is 33.4 Å². The van der Waals surface area contributed by atoms with Crippen LogP contribution in [0.15, 0.2) is 54.6 Å². The van der Waals surface area contributed by atoms with Gasteiger partial charge in [0.05, 0.1) is 24.0 Å². The molecule has 2 N–H and O–H groups in total. The number of aryl methyl sites for hydroxylation is 3. The number of fused-ring (bicyclic) bond motifs is 3. The van der Waals surface area contributed by atoms with E-state index in [0.29, 0.717) is 13.2 Å². The Morgan fingerprint density at radius 3 is 2.51 bits per heavy atom. The van der Waals surface area contributed by atoms with Gasteiger partial charge in [0.1, 0.15) is 18.0 Å². The van der Waals surface area contributed by atoms with Crippen molar-refractivity contribution in [2.45, 2.75) is 70.4 Å². The summed E-state index contributed by atoms with van der Waals surface area (Å²) >= 11 is 0. The van der Waals surface area contributed by atoms with Crippen LogP contribution in [0.1, 0.15) is 66.3 Å². The molecule has 1 saturated heterocycles. The summed E-state index contributed by atoms with van der Waals surface area (Å²) < 4.78 is 34.9. The molecule has 1 aliphatic heterocycles. The number of sulfone groups is 1. The number of hydrogen-bond donors (Lipinski definition) is 2. The second kappa shape index (κ2) is 12.0. The normalized spacial score (nSPS) is 21.6. The Kier molecular flexibility index (Phi) is 8.26. The first-order valence-electron chi connectivity index (χ1n) is 15.4. The van der Waals surface area contributed by atoms with Crippen LogP contribution in [0.5, 0.6) is 5.75 Å². The highest BCUT2D eigenvalue weighted by Gasteiger charge is 2.45. The molecule has 0 bridgehead atoms. The van der Waals surface area contributed by atoms with Gasteiger partial charge in [-0.05, 0) is 128 Å². The van der Waals surface area contributed by atoms with Crippen LogP contribution < -0.4 is 10.1 Å². The zero-order valence-electron chi connectivity index (χ0n) is 25.0. The van der Waals surface area contributed by atoms with Crippen LogP contribution in [0.2, 0.25) is 0 Å². The van der Waals surface area contributed by atoms with E-state index in [9.17, 15) is 18.3 Å². The van der Waals surface area contributed by atoms with Gasteiger partial charge >= 0.3 is 5.97 Å². The van der Waals surface area contributed by atoms with Gasteiger partial charge in [0.2, 0.25) is 0 Å². The van der Waals surface area contributed by atoms with Gasteiger partial charge in [0.15, 0.2) is 9.84 Å². The Balaban J connectivity index is 1.13. The molecule has 0 amide bonds. The van der Waals surface area contributed by atoms with Crippen LogP contribution in [-0.4, -0.2) is 49.8 Å². The third-order valence-electron chi connectivity index (χ3n) is 9.21. The highest BCUT2D eigenvalue weighted by Crippen LogP contribution is 2.48. The molecule has 1 saturated carbocycles. The van der Waals surface area contributed by atoms with E-state index in [1.807, 2.05) is 13.0 Å². The quantitative estimate of drug-likeness (QED) is 0.301. The molecule has 6 rings (SSSR count). The Morgan fingerprint density at radius 2 is 1.77 bits per heavy atom. The van der Waals surface area contributed by atoms with Crippen LogP contribution in [0.4, 0.5) is 5.69 Å². The van der Waals surface area contributed by atoms with Gasteiger partial charge < -0.3 is 19.9 Å². The lowest BCUT2D eigenvalue weighted by atomic mass is 9.91. The lowest BCUT2D eigenvalue weighted by molar-refractivity contribution is -0.144. The van der Waals surface area contributed by atoms with E-state index in [-0.39, 0.29) is 48.8 Å². The van der Waals surface area contributed by atoms with Crippen LogP contribution in [0.3, 0.4) is 0 Å². The Hall–Kier alpha value is -3.36. The third kappa shape index (κ3) is 6.75. The van der Waals surface area contributed by atoms with E-state index in [1.54, 1.807) is 0 Å². The molecule has 7 nitrogen and oxygen atoms in total. The number of nitrogens with one attached hydrogen (secondary N) is 1. The number of carbonyl (C=O) groups excluding carboxylic acids is 1. The molecule has 3 aromatic carbocycles. The van der Waals surface area contributed by atoms with Crippen LogP contribution in [0, 0.1) is 12.8 Å². The summed E-state index contributed by atoms with van der Waals surface area (Å²) in [7, 11) is -3.05. The molecule has 0 spiro atoms. The first-order chi connectivity index (χ1) is 20.6. The summed E-state index contributed by atoms with van der Waals surface area (Å²) in [4.78, 5) is 12.0. The fourth-order valence-electron chi connectivity index (χ4n) is 6.55. The van der Waals surface area contributed by atoms with Crippen molar-refractivity contribution < 1.29 is 27.8 Å². The number of ether oxygens (including phenoxy) is 2. The first-order valence-corrected chi connectivity index (χ1v) is 17.3. The van der Waals surface area contributed by atoms with Crippen molar-refractivity contribution >= 4 is 21.5 Å². The maximum Gasteiger partial charge on any atom is 0.309 e. The smallest absolute Gasteiger partial charge is 0.309 e. The Bertz CT molecular complexity index is 1600. The van der Waals surface area contributed by atoms with Gasteiger partial charge in [-0.2, -0.15) is 0 Å².